The third kappa shape index (κ3) is 4.11. The van der Waals surface area contributed by atoms with Gasteiger partial charge in [0, 0.05) is 37.1 Å². The molecule has 1 atom stereocenters. The summed E-state index contributed by atoms with van der Waals surface area (Å²) >= 11 is 6.27. The third-order valence-corrected chi connectivity index (χ3v) is 5.65. The van der Waals surface area contributed by atoms with Crippen molar-refractivity contribution in [2.24, 2.45) is 0 Å². The summed E-state index contributed by atoms with van der Waals surface area (Å²) in [5.74, 6) is -0.579. The van der Waals surface area contributed by atoms with Crippen LogP contribution in [-0.4, -0.2) is 29.3 Å². The van der Waals surface area contributed by atoms with Gasteiger partial charge in [-0.05, 0) is 42.5 Å². The number of carbonyl (C=O) groups is 1. The first-order valence-corrected chi connectivity index (χ1v) is 10.1. The van der Waals surface area contributed by atoms with Crippen LogP contribution < -0.4 is 4.90 Å². The van der Waals surface area contributed by atoms with Gasteiger partial charge in [-0.3, -0.25) is 4.90 Å². The number of hydrogen-bond acceptors (Lipinski definition) is 4. The molecular weight excluding hydrogens is 426 g/mol. The zero-order valence-corrected chi connectivity index (χ0v) is 17.1. The highest BCUT2D eigenvalue weighted by molar-refractivity contribution is 6.33. The summed E-state index contributed by atoms with van der Waals surface area (Å²) in [6.45, 7) is -0.0693. The molecule has 2 aromatic carbocycles. The van der Waals surface area contributed by atoms with Gasteiger partial charge in [-0.2, -0.15) is 0 Å². The van der Waals surface area contributed by atoms with Crippen molar-refractivity contribution in [1.29, 1.82) is 0 Å². The average Bonchev–Trinajstić information content (AvgIpc) is 2.76. The van der Waals surface area contributed by atoms with Crippen molar-refractivity contribution in [2.75, 3.05) is 18.1 Å². The highest BCUT2D eigenvalue weighted by atomic mass is 35.5. The topological polar surface area (TPSA) is 62.7 Å². The van der Waals surface area contributed by atoms with Crippen LogP contribution in [0.2, 0.25) is 5.02 Å². The predicted octanol–water partition coefficient (Wildman–Crippen LogP) is 5.30. The molecule has 1 aliphatic heterocycles. The zero-order valence-electron chi connectivity index (χ0n) is 16.4. The average molecular weight is 445 g/mol. The van der Waals surface area contributed by atoms with E-state index in [9.17, 15) is 18.7 Å². The third-order valence-electron chi connectivity index (χ3n) is 5.35. The monoisotopic (exact) mass is 444 g/mol. The van der Waals surface area contributed by atoms with E-state index >= 15 is 0 Å². The van der Waals surface area contributed by atoms with Crippen molar-refractivity contribution in [1.82, 2.24) is 4.98 Å². The fourth-order valence-corrected chi connectivity index (χ4v) is 3.98. The van der Waals surface area contributed by atoms with Crippen molar-refractivity contribution in [3.63, 3.8) is 0 Å². The summed E-state index contributed by atoms with van der Waals surface area (Å²) < 4.78 is 33.4. The number of nitrogens with zero attached hydrogens (tertiary/aromatic N) is 2. The van der Waals surface area contributed by atoms with Crippen molar-refractivity contribution in [3.8, 4) is 11.3 Å². The molecule has 2 heterocycles. The summed E-state index contributed by atoms with van der Waals surface area (Å²) in [5, 5.41) is 9.89. The van der Waals surface area contributed by atoms with E-state index in [1.165, 1.54) is 23.1 Å². The van der Waals surface area contributed by atoms with Crippen LogP contribution in [-0.2, 0) is 10.3 Å². The van der Waals surface area contributed by atoms with E-state index in [2.05, 4.69) is 4.98 Å². The Kier molecular flexibility index (Phi) is 5.89. The Labute approximate surface area is 182 Å². The first-order chi connectivity index (χ1) is 14.9. The van der Waals surface area contributed by atoms with Gasteiger partial charge in [0.2, 0.25) is 0 Å². The molecule has 1 aromatic heterocycles. The summed E-state index contributed by atoms with van der Waals surface area (Å²) in [5.41, 5.74) is -0.0409. The van der Waals surface area contributed by atoms with Crippen molar-refractivity contribution < 1.29 is 23.4 Å². The SMILES string of the molecule is O=C1O[C@@](CCO)(c2ccccc2F)CCN1c1ccc(Cl)c(-c2ccc(F)cc2)n1. The molecule has 1 aliphatic rings. The number of amides is 1. The zero-order chi connectivity index (χ0) is 22.0. The Hall–Kier alpha value is -3.03. The maximum Gasteiger partial charge on any atom is 0.416 e. The van der Waals surface area contributed by atoms with E-state index in [1.807, 2.05) is 0 Å². The highest BCUT2D eigenvalue weighted by Crippen LogP contribution is 2.40. The Balaban J connectivity index is 1.65. The second-order valence-electron chi connectivity index (χ2n) is 7.22. The van der Waals surface area contributed by atoms with Crippen molar-refractivity contribution in [3.05, 3.63) is 82.9 Å². The van der Waals surface area contributed by atoms with Gasteiger partial charge >= 0.3 is 6.09 Å². The van der Waals surface area contributed by atoms with Crippen molar-refractivity contribution in [2.45, 2.75) is 18.4 Å². The van der Waals surface area contributed by atoms with Gasteiger partial charge in [0.05, 0.1) is 10.7 Å². The Morgan fingerprint density at radius 2 is 1.84 bits per heavy atom. The quantitative estimate of drug-likeness (QED) is 0.579. The smallest absolute Gasteiger partial charge is 0.416 e. The fraction of sp³-hybridized carbons (Fsp3) is 0.217. The summed E-state index contributed by atoms with van der Waals surface area (Å²) in [6, 6.07) is 14.9. The second-order valence-corrected chi connectivity index (χ2v) is 7.63. The molecule has 0 radical (unpaired) electrons. The normalized spacial score (nSPS) is 18.7. The number of aliphatic hydroxyl groups excluding tert-OH is 1. The molecule has 0 saturated carbocycles. The number of benzene rings is 2. The number of ether oxygens (including phenoxy) is 1. The summed E-state index contributed by atoms with van der Waals surface area (Å²) in [6.07, 6.45) is -0.374. The van der Waals surface area contributed by atoms with Gasteiger partial charge in [0.15, 0.2) is 0 Å². The number of anilines is 1. The van der Waals surface area contributed by atoms with E-state index < -0.39 is 17.5 Å². The predicted molar refractivity (Wildman–Crippen MR) is 113 cm³/mol. The van der Waals surface area contributed by atoms with Crippen LogP contribution in [0.25, 0.3) is 11.3 Å². The maximum atomic E-state index is 14.5. The standard InChI is InChI=1S/C23H19ClF2N2O3/c24-18-9-10-20(27-21(18)15-5-7-16(25)8-6-15)28-13-11-23(12-14-29,31-22(28)30)17-3-1-2-4-19(17)26/h1-10,29H,11-14H2/t23-/m0/s1. The molecule has 1 saturated heterocycles. The minimum atomic E-state index is -1.26. The van der Waals surface area contributed by atoms with Crippen LogP contribution in [0.1, 0.15) is 18.4 Å². The van der Waals surface area contributed by atoms with Gasteiger partial charge in [-0.15, -0.1) is 0 Å². The molecule has 3 aromatic rings. The molecule has 0 aliphatic carbocycles. The maximum absolute atomic E-state index is 14.5. The summed E-state index contributed by atoms with van der Waals surface area (Å²) in [4.78, 5) is 18.7. The Morgan fingerprint density at radius 1 is 1.10 bits per heavy atom. The molecule has 8 heteroatoms. The van der Waals surface area contributed by atoms with Gasteiger partial charge in [-0.1, -0.05) is 29.8 Å². The lowest BCUT2D eigenvalue weighted by atomic mass is 9.85. The number of aliphatic hydroxyl groups is 1. The number of halogens is 3. The van der Waals surface area contributed by atoms with E-state index in [0.29, 0.717) is 22.1 Å². The van der Waals surface area contributed by atoms with E-state index in [1.54, 1.807) is 42.5 Å². The number of hydrogen-bond donors (Lipinski definition) is 1. The minimum Gasteiger partial charge on any atom is -0.437 e. The number of aromatic nitrogens is 1. The van der Waals surface area contributed by atoms with E-state index in [-0.39, 0.29) is 37.4 Å². The van der Waals surface area contributed by atoms with Crippen LogP contribution in [0, 0.1) is 11.6 Å². The first kappa shape index (κ1) is 21.2. The molecule has 31 heavy (non-hydrogen) atoms. The number of rotatable bonds is 5. The minimum absolute atomic E-state index is 0.0718. The molecule has 160 valence electrons. The molecule has 1 amide bonds. The van der Waals surface area contributed by atoms with Crippen LogP contribution >= 0.6 is 11.6 Å². The van der Waals surface area contributed by atoms with Gasteiger partial charge < -0.3 is 9.84 Å². The molecule has 1 fully saturated rings. The Morgan fingerprint density at radius 3 is 2.52 bits per heavy atom. The molecule has 5 nitrogen and oxygen atoms in total. The van der Waals surface area contributed by atoms with Gasteiger partial charge in [0.1, 0.15) is 23.1 Å². The lowest BCUT2D eigenvalue weighted by molar-refractivity contribution is -0.0282. The van der Waals surface area contributed by atoms with Crippen LogP contribution in [0.5, 0.6) is 0 Å². The van der Waals surface area contributed by atoms with Crippen LogP contribution in [0.4, 0.5) is 19.4 Å². The van der Waals surface area contributed by atoms with Crippen LogP contribution in [0.15, 0.2) is 60.7 Å². The van der Waals surface area contributed by atoms with E-state index in [4.69, 9.17) is 16.3 Å². The molecule has 0 unspecified atom stereocenters. The highest BCUT2D eigenvalue weighted by Gasteiger charge is 2.44. The van der Waals surface area contributed by atoms with Crippen LogP contribution in [0.3, 0.4) is 0 Å². The lowest BCUT2D eigenvalue weighted by Crippen LogP contribution is -2.49. The second kappa shape index (κ2) is 8.61. The molecular formula is C23H19ClF2N2O3. The fourth-order valence-electron chi connectivity index (χ4n) is 3.77. The van der Waals surface area contributed by atoms with Crippen molar-refractivity contribution >= 4 is 23.5 Å². The van der Waals surface area contributed by atoms with E-state index in [0.717, 1.165) is 0 Å². The molecule has 0 spiro atoms. The molecule has 0 bridgehead atoms. The largest absolute Gasteiger partial charge is 0.437 e. The van der Waals surface area contributed by atoms with Gasteiger partial charge in [0.25, 0.3) is 0 Å². The number of carbonyl (C=O) groups excluding carboxylic acids is 1. The lowest BCUT2D eigenvalue weighted by Gasteiger charge is -2.41. The number of pyridine rings is 1. The summed E-state index contributed by atoms with van der Waals surface area (Å²) in [7, 11) is 0. The first-order valence-electron chi connectivity index (χ1n) is 9.72. The van der Waals surface area contributed by atoms with Gasteiger partial charge in [-0.25, -0.2) is 18.6 Å². The number of cyclic esters (lactones) is 1. The molecule has 1 N–H and O–H groups in total. The Bertz CT molecular complexity index is 1110. The molecule has 4 rings (SSSR count).